The Kier molecular flexibility index (Phi) is 4.39. The number of nitrogens with zero attached hydrogens (tertiary/aromatic N) is 2. The van der Waals surface area contributed by atoms with E-state index in [-0.39, 0.29) is 24.8 Å². The first kappa shape index (κ1) is 12.6. The summed E-state index contributed by atoms with van der Waals surface area (Å²) in [6, 6.07) is 0.706. The van der Waals surface area contributed by atoms with E-state index in [1.807, 2.05) is 5.43 Å². The monoisotopic (exact) mass is 232 g/mol. The van der Waals surface area contributed by atoms with Crippen molar-refractivity contribution in [3.63, 3.8) is 0 Å². The molecule has 0 aromatic carbocycles. The molecule has 1 aromatic rings. The van der Waals surface area contributed by atoms with Gasteiger partial charge in [-0.2, -0.15) is 0 Å². The van der Waals surface area contributed by atoms with Crippen molar-refractivity contribution in [2.75, 3.05) is 30.0 Å². The minimum absolute atomic E-state index is 0.0362. The lowest BCUT2D eigenvalue weighted by Crippen LogP contribution is -2.28. The van der Waals surface area contributed by atoms with Crippen LogP contribution in [0.25, 0.3) is 0 Å². The predicted molar refractivity (Wildman–Crippen MR) is 56.9 cm³/mol. The summed E-state index contributed by atoms with van der Waals surface area (Å²) in [5.74, 6) is 3.13. The third-order valence-electron chi connectivity index (χ3n) is 2.10. The molecule has 90 valence electrons. The molecular formula is C9H14F2N4O. The van der Waals surface area contributed by atoms with Crippen molar-refractivity contribution in [3.05, 3.63) is 17.7 Å². The Bertz CT molecular complexity index is 362. The number of aliphatic hydroxyl groups excluding tert-OH is 1. The molecule has 0 atom stereocenters. The number of nitrogen functional groups attached to an aromatic ring is 1. The number of rotatable bonds is 5. The molecule has 7 heteroatoms. The van der Waals surface area contributed by atoms with Crippen LogP contribution in [-0.4, -0.2) is 29.8 Å². The van der Waals surface area contributed by atoms with Crippen molar-refractivity contribution in [3.8, 4) is 0 Å². The Morgan fingerprint density at radius 2 is 2.19 bits per heavy atom. The number of likely N-dealkylation sites (N-methyl/N-ethyl adjacent to an activating group) is 1. The Balaban J connectivity index is 3.10. The van der Waals surface area contributed by atoms with E-state index < -0.39 is 11.6 Å². The summed E-state index contributed by atoms with van der Waals surface area (Å²) in [4.78, 5) is 5.19. The van der Waals surface area contributed by atoms with Gasteiger partial charge < -0.3 is 15.4 Å². The van der Waals surface area contributed by atoms with E-state index in [1.54, 1.807) is 6.92 Å². The molecule has 5 nitrogen and oxygen atoms in total. The van der Waals surface area contributed by atoms with Gasteiger partial charge in [0.1, 0.15) is 0 Å². The topological polar surface area (TPSA) is 74.4 Å². The van der Waals surface area contributed by atoms with Crippen molar-refractivity contribution in [1.82, 2.24) is 4.98 Å². The third kappa shape index (κ3) is 2.56. The van der Waals surface area contributed by atoms with Gasteiger partial charge in [0, 0.05) is 19.2 Å². The predicted octanol–water partition coefficient (Wildman–Crippen LogP) is 0.464. The van der Waals surface area contributed by atoms with Crippen molar-refractivity contribution in [2.45, 2.75) is 6.92 Å². The highest BCUT2D eigenvalue weighted by atomic mass is 19.1. The zero-order valence-corrected chi connectivity index (χ0v) is 8.87. The number of aromatic nitrogens is 1. The summed E-state index contributed by atoms with van der Waals surface area (Å²) < 4.78 is 26.5. The van der Waals surface area contributed by atoms with E-state index >= 15 is 0 Å². The van der Waals surface area contributed by atoms with Crippen molar-refractivity contribution >= 4 is 11.6 Å². The average molecular weight is 232 g/mol. The highest BCUT2D eigenvalue weighted by Crippen LogP contribution is 2.21. The van der Waals surface area contributed by atoms with Gasteiger partial charge >= 0.3 is 0 Å². The van der Waals surface area contributed by atoms with E-state index in [9.17, 15) is 8.78 Å². The van der Waals surface area contributed by atoms with Crippen LogP contribution in [0.15, 0.2) is 6.07 Å². The molecule has 0 saturated carbocycles. The lowest BCUT2D eigenvalue weighted by molar-refractivity contribution is 0.301. The van der Waals surface area contributed by atoms with E-state index in [2.05, 4.69) is 4.98 Å². The van der Waals surface area contributed by atoms with Gasteiger partial charge in [0.15, 0.2) is 23.3 Å². The molecule has 0 fully saturated rings. The fraction of sp³-hybridized carbons (Fsp3) is 0.444. The molecule has 0 bridgehead atoms. The lowest BCUT2D eigenvalue weighted by atomic mass is 10.3. The summed E-state index contributed by atoms with van der Waals surface area (Å²) in [7, 11) is 0. The molecule has 0 unspecified atom stereocenters. The number of hydrogen-bond acceptors (Lipinski definition) is 5. The smallest absolute Gasteiger partial charge is 0.178 e. The molecule has 0 radical (unpaired) electrons. The second-order valence-corrected chi connectivity index (χ2v) is 3.07. The van der Waals surface area contributed by atoms with Crippen LogP contribution in [0, 0.1) is 11.6 Å². The zero-order valence-electron chi connectivity index (χ0n) is 8.87. The number of aliphatic hydroxyl groups is 1. The van der Waals surface area contributed by atoms with E-state index in [0.717, 1.165) is 0 Å². The highest BCUT2D eigenvalue weighted by Gasteiger charge is 2.15. The Hall–Kier alpha value is -1.47. The van der Waals surface area contributed by atoms with Crippen LogP contribution in [0.5, 0.6) is 0 Å². The summed E-state index contributed by atoms with van der Waals surface area (Å²) in [6.07, 6.45) is 0. The van der Waals surface area contributed by atoms with Gasteiger partial charge in [0.2, 0.25) is 0 Å². The average Bonchev–Trinajstić information content (AvgIpc) is 2.27. The molecule has 0 aliphatic carbocycles. The van der Waals surface area contributed by atoms with Gasteiger partial charge in [-0.3, -0.25) is 0 Å². The molecule has 4 N–H and O–H groups in total. The van der Waals surface area contributed by atoms with Crippen LogP contribution >= 0.6 is 0 Å². The summed E-state index contributed by atoms with van der Waals surface area (Å²) in [5.41, 5.74) is 2.04. The molecule has 0 spiro atoms. The van der Waals surface area contributed by atoms with Crippen LogP contribution in [-0.2, 0) is 0 Å². The molecule has 1 heterocycles. The molecule has 0 amide bonds. The fourth-order valence-corrected chi connectivity index (χ4v) is 1.31. The molecular weight excluding hydrogens is 218 g/mol. The minimum Gasteiger partial charge on any atom is -0.395 e. The molecule has 1 rings (SSSR count). The molecule has 0 aliphatic rings. The molecule has 0 saturated heterocycles. The molecule has 16 heavy (non-hydrogen) atoms. The largest absolute Gasteiger partial charge is 0.395 e. The summed E-state index contributed by atoms with van der Waals surface area (Å²) >= 11 is 0. The number of halogens is 2. The lowest BCUT2D eigenvalue weighted by Gasteiger charge is -2.21. The van der Waals surface area contributed by atoms with Gasteiger partial charge in [-0.25, -0.2) is 19.6 Å². The van der Waals surface area contributed by atoms with Crippen molar-refractivity contribution < 1.29 is 13.9 Å². The number of nitrogens with two attached hydrogens (primary N) is 1. The van der Waals surface area contributed by atoms with Crippen LogP contribution in [0.4, 0.5) is 20.4 Å². The molecule has 1 aromatic heterocycles. The first-order valence-corrected chi connectivity index (χ1v) is 4.82. The normalized spacial score (nSPS) is 10.3. The number of hydrazine groups is 1. The Morgan fingerprint density at radius 1 is 1.50 bits per heavy atom. The van der Waals surface area contributed by atoms with Gasteiger partial charge in [-0.1, -0.05) is 0 Å². The second kappa shape index (κ2) is 5.57. The quantitative estimate of drug-likeness (QED) is 0.508. The SMILES string of the molecule is CCN(CCO)c1nc(NN)c(F)cc1F. The third-order valence-corrected chi connectivity index (χ3v) is 2.10. The van der Waals surface area contributed by atoms with Crippen LogP contribution in [0.1, 0.15) is 6.92 Å². The van der Waals surface area contributed by atoms with Gasteiger partial charge in [0.25, 0.3) is 0 Å². The second-order valence-electron chi connectivity index (χ2n) is 3.07. The number of hydrogen-bond donors (Lipinski definition) is 3. The van der Waals surface area contributed by atoms with Gasteiger partial charge in [-0.05, 0) is 6.92 Å². The highest BCUT2D eigenvalue weighted by molar-refractivity contribution is 5.48. The number of pyridine rings is 1. The number of nitrogens with one attached hydrogen (secondary N) is 1. The van der Waals surface area contributed by atoms with E-state index in [0.29, 0.717) is 12.6 Å². The van der Waals surface area contributed by atoms with Crippen LogP contribution < -0.4 is 16.2 Å². The standard InChI is InChI=1S/C9H14F2N4O/c1-2-15(3-4-16)9-7(11)5-6(10)8(13-9)14-12/h5,16H,2-4,12H2,1H3,(H,13,14). The summed E-state index contributed by atoms with van der Waals surface area (Å²) in [6.45, 7) is 2.30. The van der Waals surface area contributed by atoms with Crippen LogP contribution in [0.3, 0.4) is 0 Å². The molecule has 0 aliphatic heterocycles. The Morgan fingerprint density at radius 3 is 2.69 bits per heavy atom. The van der Waals surface area contributed by atoms with E-state index in [1.165, 1.54) is 4.90 Å². The summed E-state index contributed by atoms with van der Waals surface area (Å²) in [5, 5.41) is 8.79. The van der Waals surface area contributed by atoms with E-state index in [4.69, 9.17) is 10.9 Å². The minimum atomic E-state index is -0.858. The maximum Gasteiger partial charge on any atom is 0.178 e. The Labute approximate surface area is 91.9 Å². The first-order valence-electron chi connectivity index (χ1n) is 4.82. The fourth-order valence-electron chi connectivity index (χ4n) is 1.31. The maximum atomic E-state index is 13.4. The number of anilines is 2. The van der Waals surface area contributed by atoms with Gasteiger partial charge in [-0.15, -0.1) is 0 Å². The zero-order chi connectivity index (χ0) is 12.1. The van der Waals surface area contributed by atoms with Gasteiger partial charge in [0.05, 0.1) is 6.61 Å². The van der Waals surface area contributed by atoms with Crippen molar-refractivity contribution in [1.29, 1.82) is 0 Å². The maximum absolute atomic E-state index is 13.4. The van der Waals surface area contributed by atoms with Crippen molar-refractivity contribution in [2.24, 2.45) is 5.84 Å². The van der Waals surface area contributed by atoms with Crippen LogP contribution in [0.2, 0.25) is 0 Å². The first-order chi connectivity index (χ1) is 7.63.